The van der Waals surface area contributed by atoms with Crippen LogP contribution in [0, 0.1) is 5.92 Å². The molecule has 14 heavy (non-hydrogen) atoms. The maximum absolute atomic E-state index is 5.83. The van der Waals surface area contributed by atoms with Gasteiger partial charge in [-0.15, -0.1) is 0 Å². The van der Waals surface area contributed by atoms with E-state index in [1.807, 2.05) is 13.8 Å². The highest BCUT2D eigenvalue weighted by atomic mass is 16.5. The summed E-state index contributed by atoms with van der Waals surface area (Å²) in [6, 6.07) is 0. The second-order valence-corrected chi connectivity index (χ2v) is 5.04. The molecule has 1 fully saturated rings. The van der Waals surface area contributed by atoms with Crippen LogP contribution >= 0.6 is 0 Å². The minimum Gasteiger partial charge on any atom is -0.381 e. The zero-order valence-electron chi connectivity index (χ0n) is 9.51. The zero-order chi connectivity index (χ0) is 10.4. The van der Waals surface area contributed by atoms with Crippen molar-refractivity contribution >= 4 is 0 Å². The number of hydrogen-bond donors (Lipinski definition) is 2. The largest absolute Gasteiger partial charge is 0.381 e. The van der Waals surface area contributed by atoms with Gasteiger partial charge < -0.3 is 15.8 Å². The van der Waals surface area contributed by atoms with Gasteiger partial charge in [0.15, 0.2) is 0 Å². The molecule has 3 N–H and O–H groups in total. The van der Waals surface area contributed by atoms with Gasteiger partial charge in [-0.05, 0) is 45.6 Å². The Hall–Kier alpha value is -0.120. The molecule has 1 rings (SSSR count). The van der Waals surface area contributed by atoms with Crippen molar-refractivity contribution in [3.8, 4) is 0 Å². The Morgan fingerprint density at radius 3 is 2.71 bits per heavy atom. The van der Waals surface area contributed by atoms with Crippen LogP contribution in [-0.2, 0) is 4.74 Å². The molecule has 0 unspecified atom stereocenters. The molecule has 1 aliphatic carbocycles. The van der Waals surface area contributed by atoms with E-state index >= 15 is 0 Å². The average Bonchev–Trinajstić information content (AvgIpc) is 2.84. The minimum absolute atomic E-state index is 0.102. The molecule has 0 amide bonds. The lowest BCUT2D eigenvalue weighted by Crippen LogP contribution is -2.43. The maximum Gasteiger partial charge on any atom is 0.0494 e. The van der Waals surface area contributed by atoms with E-state index in [2.05, 4.69) is 5.32 Å². The zero-order valence-corrected chi connectivity index (χ0v) is 9.51. The Balaban J connectivity index is 1.75. The van der Waals surface area contributed by atoms with Crippen molar-refractivity contribution in [1.29, 1.82) is 0 Å². The molecule has 0 aromatic rings. The Kier molecular flexibility index (Phi) is 4.85. The van der Waals surface area contributed by atoms with Crippen molar-refractivity contribution in [2.24, 2.45) is 11.7 Å². The van der Waals surface area contributed by atoms with Gasteiger partial charge in [0, 0.05) is 25.3 Å². The molecule has 3 nitrogen and oxygen atoms in total. The normalized spacial score (nSPS) is 17.4. The van der Waals surface area contributed by atoms with E-state index in [0.717, 1.165) is 38.6 Å². The van der Waals surface area contributed by atoms with E-state index in [0.29, 0.717) is 0 Å². The summed E-state index contributed by atoms with van der Waals surface area (Å²) >= 11 is 0. The first-order valence-corrected chi connectivity index (χ1v) is 5.65. The lowest BCUT2D eigenvalue weighted by atomic mass is 10.1. The molecular weight excluding hydrogens is 176 g/mol. The third-order valence-electron chi connectivity index (χ3n) is 2.27. The van der Waals surface area contributed by atoms with E-state index < -0.39 is 0 Å². The highest BCUT2D eigenvalue weighted by molar-refractivity contribution is 4.74. The van der Waals surface area contributed by atoms with Gasteiger partial charge in [0.1, 0.15) is 0 Å². The smallest absolute Gasteiger partial charge is 0.0494 e. The highest BCUT2D eigenvalue weighted by Crippen LogP contribution is 2.28. The highest BCUT2D eigenvalue weighted by Gasteiger charge is 2.20. The fourth-order valence-electron chi connectivity index (χ4n) is 1.24. The van der Waals surface area contributed by atoms with Crippen LogP contribution in [0.15, 0.2) is 0 Å². The molecule has 3 heteroatoms. The molecule has 0 spiro atoms. The number of hydrogen-bond acceptors (Lipinski definition) is 3. The average molecular weight is 200 g/mol. The van der Waals surface area contributed by atoms with Crippen molar-refractivity contribution in [1.82, 2.24) is 5.32 Å². The molecular formula is C11H24N2O. The van der Waals surface area contributed by atoms with Crippen LogP contribution in [0.1, 0.15) is 33.1 Å². The second-order valence-electron chi connectivity index (χ2n) is 5.04. The predicted octanol–water partition coefficient (Wildman–Crippen LogP) is 1.13. The van der Waals surface area contributed by atoms with Crippen LogP contribution in [0.5, 0.6) is 0 Å². The summed E-state index contributed by atoms with van der Waals surface area (Å²) in [6.07, 6.45) is 3.84. The summed E-state index contributed by atoms with van der Waals surface area (Å²) in [4.78, 5) is 0. The number of ether oxygens (including phenoxy) is 1. The van der Waals surface area contributed by atoms with Crippen molar-refractivity contribution in [3.63, 3.8) is 0 Å². The fourth-order valence-corrected chi connectivity index (χ4v) is 1.24. The Morgan fingerprint density at radius 1 is 1.43 bits per heavy atom. The number of nitrogens with two attached hydrogens (primary N) is 1. The van der Waals surface area contributed by atoms with Gasteiger partial charge in [-0.2, -0.15) is 0 Å². The van der Waals surface area contributed by atoms with Gasteiger partial charge >= 0.3 is 0 Å². The molecule has 1 saturated carbocycles. The molecule has 84 valence electrons. The first-order valence-electron chi connectivity index (χ1n) is 5.65. The SMILES string of the molecule is CC(C)(N)CNCCCOCC1CC1. The van der Waals surface area contributed by atoms with Crippen molar-refractivity contribution in [2.75, 3.05) is 26.3 Å². The van der Waals surface area contributed by atoms with E-state index in [1.165, 1.54) is 12.8 Å². The molecule has 0 bridgehead atoms. The van der Waals surface area contributed by atoms with Crippen LogP contribution in [0.4, 0.5) is 0 Å². The Labute approximate surface area is 87.4 Å². The van der Waals surface area contributed by atoms with Gasteiger partial charge in [0.05, 0.1) is 0 Å². The van der Waals surface area contributed by atoms with Crippen molar-refractivity contribution in [3.05, 3.63) is 0 Å². The van der Waals surface area contributed by atoms with E-state index in [9.17, 15) is 0 Å². The van der Waals surface area contributed by atoms with E-state index in [4.69, 9.17) is 10.5 Å². The van der Waals surface area contributed by atoms with Gasteiger partial charge in [-0.1, -0.05) is 0 Å². The maximum atomic E-state index is 5.83. The monoisotopic (exact) mass is 200 g/mol. The number of rotatable bonds is 8. The van der Waals surface area contributed by atoms with Crippen molar-refractivity contribution < 1.29 is 4.74 Å². The van der Waals surface area contributed by atoms with E-state index in [-0.39, 0.29) is 5.54 Å². The molecule has 0 aromatic carbocycles. The lowest BCUT2D eigenvalue weighted by Gasteiger charge is -2.18. The Bertz CT molecular complexity index is 150. The van der Waals surface area contributed by atoms with Gasteiger partial charge in [0.25, 0.3) is 0 Å². The minimum atomic E-state index is -0.102. The first-order chi connectivity index (χ1) is 6.58. The molecule has 0 heterocycles. The third-order valence-corrected chi connectivity index (χ3v) is 2.27. The molecule has 0 aromatic heterocycles. The van der Waals surface area contributed by atoms with Crippen LogP contribution < -0.4 is 11.1 Å². The third kappa shape index (κ3) is 7.30. The summed E-state index contributed by atoms with van der Waals surface area (Å²) in [7, 11) is 0. The van der Waals surface area contributed by atoms with Gasteiger partial charge in [-0.25, -0.2) is 0 Å². The molecule has 0 aliphatic heterocycles. The summed E-state index contributed by atoms with van der Waals surface area (Å²) in [5.74, 6) is 0.880. The van der Waals surface area contributed by atoms with Crippen LogP contribution in [0.3, 0.4) is 0 Å². The van der Waals surface area contributed by atoms with Crippen LogP contribution in [-0.4, -0.2) is 31.8 Å². The van der Waals surface area contributed by atoms with Crippen LogP contribution in [0.2, 0.25) is 0 Å². The summed E-state index contributed by atoms with van der Waals surface area (Å²) in [5.41, 5.74) is 5.73. The lowest BCUT2D eigenvalue weighted by molar-refractivity contribution is 0.122. The predicted molar refractivity (Wildman–Crippen MR) is 59.3 cm³/mol. The summed E-state index contributed by atoms with van der Waals surface area (Å²) in [6.45, 7) is 7.80. The van der Waals surface area contributed by atoms with Crippen molar-refractivity contribution in [2.45, 2.75) is 38.6 Å². The second kappa shape index (κ2) is 5.69. The summed E-state index contributed by atoms with van der Waals surface area (Å²) < 4.78 is 5.52. The molecule has 1 aliphatic rings. The molecule has 0 saturated heterocycles. The van der Waals surface area contributed by atoms with Crippen LogP contribution in [0.25, 0.3) is 0 Å². The Morgan fingerprint density at radius 2 is 2.14 bits per heavy atom. The van der Waals surface area contributed by atoms with E-state index in [1.54, 1.807) is 0 Å². The molecule has 0 radical (unpaired) electrons. The summed E-state index contributed by atoms with van der Waals surface area (Å²) in [5, 5.41) is 3.32. The van der Waals surface area contributed by atoms with Gasteiger partial charge in [0.2, 0.25) is 0 Å². The fraction of sp³-hybridized carbons (Fsp3) is 1.00. The first kappa shape index (κ1) is 12.0. The topological polar surface area (TPSA) is 47.3 Å². The van der Waals surface area contributed by atoms with Gasteiger partial charge in [-0.3, -0.25) is 0 Å². The molecule has 0 atom stereocenters. The standard InChI is InChI=1S/C11H24N2O/c1-11(2,12)9-13-6-3-7-14-8-10-4-5-10/h10,13H,3-9,12H2,1-2H3. The number of nitrogens with one attached hydrogen (secondary N) is 1. The quantitative estimate of drug-likeness (QED) is 0.577.